The molecule has 0 amide bonds. The Bertz CT molecular complexity index is 360. The predicted octanol–water partition coefficient (Wildman–Crippen LogP) is 1.65. The number of hydrogen-bond acceptors (Lipinski definition) is 4. The summed E-state index contributed by atoms with van der Waals surface area (Å²) in [6.07, 6.45) is 1.27. The molecule has 102 valence electrons. The highest BCUT2D eigenvalue weighted by Gasteiger charge is 2.26. The summed E-state index contributed by atoms with van der Waals surface area (Å²) in [7, 11) is 0. The summed E-state index contributed by atoms with van der Waals surface area (Å²) in [4.78, 5) is 5.02. The SMILES string of the molecule is CCN(CC)C1CCN(Cc2ccc(CN)o2)C1. The number of furan rings is 1. The van der Waals surface area contributed by atoms with E-state index in [1.165, 1.54) is 13.0 Å². The van der Waals surface area contributed by atoms with E-state index in [1.807, 2.05) is 12.1 Å². The van der Waals surface area contributed by atoms with Gasteiger partial charge in [-0.25, -0.2) is 0 Å². The zero-order valence-electron chi connectivity index (χ0n) is 11.6. The summed E-state index contributed by atoms with van der Waals surface area (Å²) < 4.78 is 5.66. The molecule has 18 heavy (non-hydrogen) atoms. The van der Waals surface area contributed by atoms with Crippen LogP contribution in [-0.4, -0.2) is 42.0 Å². The molecule has 0 aromatic carbocycles. The van der Waals surface area contributed by atoms with Crippen LogP contribution in [0.2, 0.25) is 0 Å². The van der Waals surface area contributed by atoms with Gasteiger partial charge in [-0.2, -0.15) is 0 Å². The van der Waals surface area contributed by atoms with Gasteiger partial charge in [-0.3, -0.25) is 9.80 Å². The second kappa shape index (κ2) is 6.36. The van der Waals surface area contributed by atoms with Crippen LogP contribution in [-0.2, 0) is 13.1 Å². The molecule has 2 rings (SSSR count). The Morgan fingerprint density at radius 1 is 1.33 bits per heavy atom. The van der Waals surface area contributed by atoms with Crippen molar-refractivity contribution in [1.82, 2.24) is 9.80 Å². The normalized spacial score (nSPS) is 21.0. The fourth-order valence-corrected chi connectivity index (χ4v) is 2.83. The number of nitrogens with two attached hydrogens (primary N) is 1. The Balaban J connectivity index is 1.85. The molecule has 1 aromatic rings. The lowest BCUT2D eigenvalue weighted by Gasteiger charge is -2.26. The smallest absolute Gasteiger partial charge is 0.118 e. The summed E-state index contributed by atoms with van der Waals surface area (Å²) in [5.74, 6) is 1.92. The molecular formula is C14H25N3O. The topological polar surface area (TPSA) is 45.6 Å². The molecule has 1 fully saturated rings. The minimum absolute atomic E-state index is 0.488. The minimum Gasteiger partial charge on any atom is -0.463 e. The predicted molar refractivity (Wildman–Crippen MR) is 73.2 cm³/mol. The molecule has 2 N–H and O–H groups in total. The third-order valence-corrected chi connectivity index (χ3v) is 3.87. The fourth-order valence-electron chi connectivity index (χ4n) is 2.83. The molecule has 0 bridgehead atoms. The van der Waals surface area contributed by atoms with E-state index in [0.717, 1.165) is 37.7 Å². The van der Waals surface area contributed by atoms with Crippen LogP contribution in [0.5, 0.6) is 0 Å². The van der Waals surface area contributed by atoms with E-state index in [4.69, 9.17) is 10.2 Å². The van der Waals surface area contributed by atoms with Gasteiger partial charge in [0.25, 0.3) is 0 Å². The number of rotatable bonds is 6. The van der Waals surface area contributed by atoms with Gasteiger partial charge < -0.3 is 10.2 Å². The van der Waals surface area contributed by atoms with Crippen molar-refractivity contribution in [2.75, 3.05) is 26.2 Å². The maximum atomic E-state index is 5.66. The molecule has 2 heterocycles. The van der Waals surface area contributed by atoms with E-state index in [1.54, 1.807) is 0 Å². The molecule has 1 unspecified atom stereocenters. The maximum absolute atomic E-state index is 5.66. The van der Waals surface area contributed by atoms with Crippen molar-refractivity contribution in [1.29, 1.82) is 0 Å². The Morgan fingerprint density at radius 2 is 2.06 bits per heavy atom. The molecule has 4 nitrogen and oxygen atoms in total. The van der Waals surface area contributed by atoms with E-state index in [2.05, 4.69) is 23.6 Å². The Morgan fingerprint density at radius 3 is 2.67 bits per heavy atom. The van der Waals surface area contributed by atoms with Crippen LogP contribution in [0.3, 0.4) is 0 Å². The molecule has 0 spiro atoms. The summed E-state index contributed by atoms with van der Waals surface area (Å²) >= 11 is 0. The molecular weight excluding hydrogens is 226 g/mol. The lowest BCUT2D eigenvalue weighted by Crippen LogP contribution is -2.37. The third kappa shape index (κ3) is 3.13. The van der Waals surface area contributed by atoms with Crippen molar-refractivity contribution < 1.29 is 4.42 Å². The number of hydrogen-bond donors (Lipinski definition) is 1. The first-order valence-corrected chi connectivity index (χ1v) is 7.00. The standard InChI is InChI=1S/C14H25N3O/c1-3-17(4-2)12-7-8-16(10-12)11-14-6-5-13(9-15)18-14/h5-6,12H,3-4,7-11,15H2,1-2H3. The van der Waals surface area contributed by atoms with Gasteiger partial charge in [0.15, 0.2) is 0 Å². The van der Waals surface area contributed by atoms with E-state index in [9.17, 15) is 0 Å². The van der Waals surface area contributed by atoms with Gasteiger partial charge in [0.2, 0.25) is 0 Å². The second-order valence-corrected chi connectivity index (χ2v) is 4.97. The molecule has 1 atom stereocenters. The Kier molecular flexibility index (Phi) is 4.80. The van der Waals surface area contributed by atoms with Gasteiger partial charge in [0.05, 0.1) is 13.1 Å². The van der Waals surface area contributed by atoms with Crippen LogP contribution in [0, 0.1) is 0 Å². The summed E-state index contributed by atoms with van der Waals surface area (Å²) in [6, 6.07) is 4.74. The zero-order valence-corrected chi connectivity index (χ0v) is 11.6. The first-order valence-electron chi connectivity index (χ1n) is 7.00. The van der Waals surface area contributed by atoms with Crippen LogP contribution in [0.15, 0.2) is 16.5 Å². The molecule has 1 aliphatic rings. The van der Waals surface area contributed by atoms with Gasteiger partial charge in [0.1, 0.15) is 11.5 Å². The molecule has 1 aliphatic heterocycles. The van der Waals surface area contributed by atoms with Gasteiger partial charge in [0, 0.05) is 19.1 Å². The average Bonchev–Trinajstić information content (AvgIpc) is 3.01. The van der Waals surface area contributed by atoms with Gasteiger partial charge in [-0.1, -0.05) is 13.8 Å². The third-order valence-electron chi connectivity index (χ3n) is 3.87. The van der Waals surface area contributed by atoms with E-state index in [0.29, 0.717) is 12.6 Å². The molecule has 1 aromatic heterocycles. The average molecular weight is 251 g/mol. The summed E-state index contributed by atoms with van der Waals surface area (Å²) in [6.45, 7) is 10.5. The number of likely N-dealkylation sites (N-methyl/N-ethyl adjacent to an activating group) is 1. The van der Waals surface area contributed by atoms with Gasteiger partial charge in [-0.05, 0) is 31.6 Å². The minimum atomic E-state index is 0.488. The first-order chi connectivity index (χ1) is 8.76. The highest BCUT2D eigenvalue weighted by atomic mass is 16.3. The van der Waals surface area contributed by atoms with Crippen molar-refractivity contribution in [3.05, 3.63) is 23.7 Å². The van der Waals surface area contributed by atoms with Crippen LogP contribution in [0.25, 0.3) is 0 Å². The number of likely N-dealkylation sites (tertiary alicyclic amines) is 1. The molecule has 1 saturated heterocycles. The fraction of sp³-hybridized carbons (Fsp3) is 0.714. The van der Waals surface area contributed by atoms with Crippen LogP contribution in [0.1, 0.15) is 31.8 Å². The highest BCUT2D eigenvalue weighted by Crippen LogP contribution is 2.18. The Hall–Kier alpha value is -0.840. The van der Waals surface area contributed by atoms with Crippen LogP contribution in [0.4, 0.5) is 0 Å². The van der Waals surface area contributed by atoms with Crippen LogP contribution >= 0.6 is 0 Å². The zero-order chi connectivity index (χ0) is 13.0. The molecule has 0 saturated carbocycles. The van der Waals surface area contributed by atoms with Crippen molar-refractivity contribution in [2.24, 2.45) is 5.73 Å². The lowest BCUT2D eigenvalue weighted by atomic mass is 10.2. The van der Waals surface area contributed by atoms with E-state index in [-0.39, 0.29) is 0 Å². The largest absolute Gasteiger partial charge is 0.463 e. The monoisotopic (exact) mass is 251 g/mol. The van der Waals surface area contributed by atoms with E-state index >= 15 is 0 Å². The highest BCUT2D eigenvalue weighted by molar-refractivity contribution is 5.07. The molecule has 0 radical (unpaired) electrons. The van der Waals surface area contributed by atoms with Gasteiger partial charge in [-0.15, -0.1) is 0 Å². The lowest BCUT2D eigenvalue weighted by molar-refractivity contribution is 0.204. The molecule has 4 heteroatoms. The van der Waals surface area contributed by atoms with E-state index < -0.39 is 0 Å². The van der Waals surface area contributed by atoms with Crippen molar-refractivity contribution in [2.45, 2.75) is 39.4 Å². The first kappa shape index (κ1) is 13.6. The van der Waals surface area contributed by atoms with Crippen molar-refractivity contribution >= 4 is 0 Å². The quantitative estimate of drug-likeness (QED) is 0.835. The Labute approximate surface area is 110 Å². The van der Waals surface area contributed by atoms with Crippen LogP contribution < -0.4 is 5.73 Å². The molecule has 0 aliphatic carbocycles. The van der Waals surface area contributed by atoms with Gasteiger partial charge >= 0.3 is 0 Å². The summed E-state index contributed by atoms with van der Waals surface area (Å²) in [5, 5.41) is 0. The van der Waals surface area contributed by atoms with Crippen molar-refractivity contribution in [3.8, 4) is 0 Å². The maximum Gasteiger partial charge on any atom is 0.118 e. The van der Waals surface area contributed by atoms with Crippen molar-refractivity contribution in [3.63, 3.8) is 0 Å². The number of nitrogens with zero attached hydrogens (tertiary/aromatic N) is 2. The summed E-state index contributed by atoms with van der Waals surface area (Å²) in [5.41, 5.74) is 5.56. The second-order valence-electron chi connectivity index (χ2n) is 4.97.